The van der Waals surface area contributed by atoms with Gasteiger partial charge in [-0.15, -0.1) is 0 Å². The summed E-state index contributed by atoms with van der Waals surface area (Å²) in [5.41, 5.74) is 0.721. The minimum atomic E-state index is -0.433. The predicted octanol–water partition coefficient (Wildman–Crippen LogP) is 2.40. The summed E-state index contributed by atoms with van der Waals surface area (Å²) in [5, 5.41) is 8.87. The Balaban J connectivity index is 2.59. The highest BCUT2D eigenvalue weighted by Crippen LogP contribution is 2.15. The maximum Gasteiger partial charge on any atom is 0.123 e. The van der Waals surface area contributed by atoms with E-state index in [0.29, 0.717) is 6.61 Å². The summed E-state index contributed by atoms with van der Waals surface area (Å²) >= 11 is 0. The van der Waals surface area contributed by atoms with Gasteiger partial charge in [0.05, 0.1) is 18.6 Å². The van der Waals surface area contributed by atoms with E-state index in [2.05, 4.69) is 11.0 Å². The zero-order chi connectivity index (χ0) is 11.1. The van der Waals surface area contributed by atoms with Gasteiger partial charge in [-0.05, 0) is 24.6 Å². The van der Waals surface area contributed by atoms with Crippen LogP contribution in [0.3, 0.4) is 0 Å². The lowest BCUT2D eigenvalue weighted by molar-refractivity contribution is -0.292. The second-order valence-corrected chi connectivity index (χ2v) is 2.92. The van der Waals surface area contributed by atoms with Crippen molar-refractivity contribution in [1.82, 2.24) is 0 Å². The van der Waals surface area contributed by atoms with Gasteiger partial charge in [-0.3, -0.25) is 0 Å². The first-order valence-electron chi connectivity index (χ1n) is 4.67. The lowest BCUT2D eigenvalue weighted by Gasteiger charge is -2.08. The molecule has 3 nitrogen and oxygen atoms in total. The van der Waals surface area contributed by atoms with Gasteiger partial charge in [-0.1, -0.05) is 12.1 Å². The molecule has 0 bridgehead atoms. The highest BCUT2D eigenvalue weighted by Gasteiger charge is 2.11. The standard InChI is InChI=1S/C11H12FNO2/c1-2-14-15-8-10(7-13)9-3-5-11(12)6-4-9/h3-6,10H,2,8H2,1H3. The van der Waals surface area contributed by atoms with Crippen LogP contribution in [0.25, 0.3) is 0 Å². The fraction of sp³-hybridized carbons (Fsp3) is 0.364. The van der Waals surface area contributed by atoms with Gasteiger partial charge in [0.15, 0.2) is 0 Å². The summed E-state index contributed by atoms with van der Waals surface area (Å²) in [5.74, 6) is -0.752. The molecule has 0 amide bonds. The molecule has 0 saturated heterocycles. The molecule has 0 radical (unpaired) electrons. The van der Waals surface area contributed by atoms with Crippen molar-refractivity contribution in [3.05, 3.63) is 35.6 Å². The van der Waals surface area contributed by atoms with E-state index in [4.69, 9.17) is 10.1 Å². The fourth-order valence-electron chi connectivity index (χ4n) is 1.10. The van der Waals surface area contributed by atoms with E-state index in [1.165, 1.54) is 12.1 Å². The second-order valence-electron chi connectivity index (χ2n) is 2.92. The van der Waals surface area contributed by atoms with Crippen LogP contribution in [0.15, 0.2) is 24.3 Å². The first-order valence-corrected chi connectivity index (χ1v) is 4.67. The Morgan fingerprint density at radius 2 is 2.00 bits per heavy atom. The number of hydrogen-bond acceptors (Lipinski definition) is 3. The normalized spacial score (nSPS) is 12.1. The molecule has 80 valence electrons. The van der Waals surface area contributed by atoms with Gasteiger partial charge < -0.3 is 0 Å². The maximum atomic E-state index is 12.6. The van der Waals surface area contributed by atoms with E-state index in [1.54, 1.807) is 19.1 Å². The minimum absolute atomic E-state index is 0.149. The maximum absolute atomic E-state index is 12.6. The van der Waals surface area contributed by atoms with Gasteiger partial charge in [0.2, 0.25) is 0 Å². The third kappa shape index (κ3) is 3.66. The molecule has 1 rings (SSSR count). The third-order valence-electron chi connectivity index (χ3n) is 1.86. The summed E-state index contributed by atoms with van der Waals surface area (Å²) in [7, 11) is 0. The zero-order valence-electron chi connectivity index (χ0n) is 8.44. The highest BCUT2D eigenvalue weighted by atomic mass is 19.1. The predicted molar refractivity (Wildman–Crippen MR) is 52.3 cm³/mol. The lowest BCUT2D eigenvalue weighted by atomic mass is 10.0. The van der Waals surface area contributed by atoms with Crippen LogP contribution in [0.2, 0.25) is 0 Å². The van der Waals surface area contributed by atoms with Gasteiger partial charge in [-0.2, -0.15) is 5.26 Å². The van der Waals surface area contributed by atoms with Crippen LogP contribution in [-0.2, 0) is 9.78 Å². The van der Waals surface area contributed by atoms with Crippen molar-refractivity contribution in [3.8, 4) is 6.07 Å². The number of rotatable bonds is 5. The Hall–Kier alpha value is -1.44. The zero-order valence-corrected chi connectivity index (χ0v) is 8.44. The molecule has 0 heterocycles. The van der Waals surface area contributed by atoms with Crippen LogP contribution >= 0.6 is 0 Å². The fourth-order valence-corrected chi connectivity index (χ4v) is 1.10. The van der Waals surface area contributed by atoms with Gasteiger partial charge in [-0.25, -0.2) is 14.2 Å². The van der Waals surface area contributed by atoms with Crippen molar-refractivity contribution < 1.29 is 14.2 Å². The smallest absolute Gasteiger partial charge is 0.123 e. The molecular weight excluding hydrogens is 197 g/mol. The van der Waals surface area contributed by atoms with Crippen LogP contribution < -0.4 is 0 Å². The Morgan fingerprint density at radius 1 is 1.33 bits per heavy atom. The molecule has 0 aliphatic carbocycles. The van der Waals surface area contributed by atoms with Crippen LogP contribution in [-0.4, -0.2) is 13.2 Å². The van der Waals surface area contributed by atoms with E-state index in [9.17, 15) is 4.39 Å². The molecule has 0 fully saturated rings. The Bertz CT molecular complexity index is 331. The quantitative estimate of drug-likeness (QED) is 0.425. The van der Waals surface area contributed by atoms with Crippen molar-refractivity contribution in [2.24, 2.45) is 0 Å². The molecule has 0 saturated carbocycles. The van der Waals surface area contributed by atoms with E-state index in [0.717, 1.165) is 5.56 Å². The van der Waals surface area contributed by atoms with E-state index < -0.39 is 5.92 Å². The summed E-state index contributed by atoms with van der Waals surface area (Å²) in [6.45, 7) is 2.37. The van der Waals surface area contributed by atoms with Crippen LogP contribution in [0.5, 0.6) is 0 Å². The van der Waals surface area contributed by atoms with Gasteiger partial charge >= 0.3 is 0 Å². The third-order valence-corrected chi connectivity index (χ3v) is 1.86. The van der Waals surface area contributed by atoms with Crippen LogP contribution in [0.1, 0.15) is 18.4 Å². The van der Waals surface area contributed by atoms with Crippen molar-refractivity contribution in [2.75, 3.05) is 13.2 Å². The summed E-state index contributed by atoms with van der Waals surface area (Å²) in [6, 6.07) is 7.84. The largest absolute Gasteiger partial charge is 0.237 e. The first kappa shape index (κ1) is 11.6. The minimum Gasteiger partial charge on any atom is -0.237 e. The van der Waals surface area contributed by atoms with Gasteiger partial charge in [0.1, 0.15) is 12.4 Å². The molecule has 1 unspecified atom stereocenters. The van der Waals surface area contributed by atoms with Crippen LogP contribution in [0, 0.1) is 17.1 Å². The van der Waals surface area contributed by atoms with Crippen molar-refractivity contribution in [1.29, 1.82) is 5.26 Å². The second kappa shape index (κ2) is 6.12. The van der Waals surface area contributed by atoms with Crippen LogP contribution in [0.4, 0.5) is 4.39 Å². The van der Waals surface area contributed by atoms with E-state index in [-0.39, 0.29) is 12.4 Å². The first-order chi connectivity index (χ1) is 7.27. The van der Waals surface area contributed by atoms with Crippen molar-refractivity contribution >= 4 is 0 Å². The molecule has 0 N–H and O–H groups in total. The molecule has 0 aliphatic heterocycles. The van der Waals surface area contributed by atoms with Crippen molar-refractivity contribution in [3.63, 3.8) is 0 Å². The monoisotopic (exact) mass is 209 g/mol. The number of halogens is 1. The molecule has 0 spiro atoms. The molecule has 0 aliphatic rings. The van der Waals surface area contributed by atoms with Gasteiger partial charge in [0.25, 0.3) is 0 Å². The van der Waals surface area contributed by atoms with E-state index >= 15 is 0 Å². The van der Waals surface area contributed by atoms with Gasteiger partial charge in [0, 0.05) is 0 Å². The Kier molecular flexibility index (Phi) is 4.75. The molecular formula is C11H12FNO2. The number of benzene rings is 1. The Labute approximate surface area is 88.0 Å². The number of hydrogen-bond donors (Lipinski definition) is 0. The summed E-state index contributed by atoms with van der Waals surface area (Å²) < 4.78 is 12.6. The molecule has 1 atom stereocenters. The SMILES string of the molecule is CCOOCC(C#N)c1ccc(F)cc1. The molecule has 1 aromatic rings. The highest BCUT2D eigenvalue weighted by molar-refractivity contribution is 5.25. The molecule has 15 heavy (non-hydrogen) atoms. The topological polar surface area (TPSA) is 42.2 Å². The molecule has 1 aromatic carbocycles. The van der Waals surface area contributed by atoms with Crippen molar-refractivity contribution in [2.45, 2.75) is 12.8 Å². The average Bonchev–Trinajstić information content (AvgIpc) is 2.26. The lowest BCUT2D eigenvalue weighted by Crippen LogP contribution is -2.06. The molecule has 4 heteroatoms. The average molecular weight is 209 g/mol. The summed E-state index contributed by atoms with van der Waals surface area (Å²) in [4.78, 5) is 9.49. The number of nitrogens with zero attached hydrogens (tertiary/aromatic N) is 1. The molecule has 0 aromatic heterocycles. The number of nitriles is 1. The summed E-state index contributed by atoms with van der Waals surface area (Å²) in [6.07, 6.45) is 0. The van der Waals surface area contributed by atoms with E-state index in [1.807, 2.05) is 0 Å². The Morgan fingerprint density at radius 3 is 2.53 bits per heavy atom.